The van der Waals surface area contributed by atoms with Crippen LogP contribution in [0.1, 0.15) is 17.5 Å². The number of nitrogens with zero attached hydrogens (tertiary/aromatic N) is 1. The number of benzene rings is 2. The van der Waals surface area contributed by atoms with E-state index in [1.807, 2.05) is 36.4 Å². The number of carbonyl (C=O) groups is 2. The van der Waals surface area contributed by atoms with Crippen LogP contribution in [-0.4, -0.2) is 32.7 Å². The van der Waals surface area contributed by atoms with E-state index in [0.29, 0.717) is 26.6 Å². The Morgan fingerprint density at radius 2 is 2.07 bits per heavy atom. The van der Waals surface area contributed by atoms with E-state index < -0.39 is 5.97 Å². The highest BCUT2D eigenvalue weighted by molar-refractivity contribution is 9.10. The Hall–Kier alpha value is -1.87. The standard InChI is InChI=1S/C20H15BrClNO4S2/c21-14-9-12(5-6-16(14)27-11-13-3-1-2-4-15(13)22)10-17-19(26)23(20(28)29-17)8-7-18(24)25/h1-6,9-10H,7-8,11H2,(H,24,25)/b17-10+. The number of thioether (sulfide) groups is 1. The molecule has 0 radical (unpaired) electrons. The third-order valence-corrected chi connectivity index (χ3v) is 6.38. The number of thiocarbonyl (C=S) groups is 1. The minimum Gasteiger partial charge on any atom is -0.488 e. The van der Waals surface area contributed by atoms with Crippen LogP contribution < -0.4 is 4.74 Å². The molecule has 150 valence electrons. The topological polar surface area (TPSA) is 66.8 Å². The van der Waals surface area contributed by atoms with E-state index in [9.17, 15) is 9.59 Å². The largest absolute Gasteiger partial charge is 0.488 e. The van der Waals surface area contributed by atoms with Gasteiger partial charge in [-0.15, -0.1) is 0 Å². The summed E-state index contributed by atoms with van der Waals surface area (Å²) in [5, 5.41) is 9.45. The average Bonchev–Trinajstić information content (AvgIpc) is 2.93. The summed E-state index contributed by atoms with van der Waals surface area (Å²) in [5.41, 5.74) is 1.68. The van der Waals surface area contributed by atoms with Gasteiger partial charge in [-0.2, -0.15) is 0 Å². The zero-order chi connectivity index (χ0) is 21.0. The molecule has 1 aliphatic heterocycles. The van der Waals surface area contributed by atoms with Crippen molar-refractivity contribution >= 4 is 73.8 Å². The molecule has 1 N–H and O–H groups in total. The molecule has 1 aliphatic rings. The number of hydrogen-bond acceptors (Lipinski definition) is 5. The van der Waals surface area contributed by atoms with E-state index in [1.54, 1.807) is 12.1 Å². The molecule has 0 spiro atoms. The van der Waals surface area contributed by atoms with E-state index in [0.717, 1.165) is 27.4 Å². The lowest BCUT2D eigenvalue weighted by atomic mass is 10.2. The van der Waals surface area contributed by atoms with Crippen molar-refractivity contribution in [2.45, 2.75) is 13.0 Å². The molecule has 2 aromatic carbocycles. The maximum atomic E-state index is 12.5. The summed E-state index contributed by atoms with van der Waals surface area (Å²) in [6, 6.07) is 12.9. The number of amides is 1. The van der Waals surface area contributed by atoms with Crippen LogP contribution in [0.3, 0.4) is 0 Å². The fraction of sp³-hybridized carbons (Fsp3) is 0.150. The number of carbonyl (C=O) groups excluding carboxylic acids is 1. The number of aliphatic carboxylic acids is 1. The van der Waals surface area contributed by atoms with Crippen LogP contribution in [-0.2, 0) is 16.2 Å². The molecular weight excluding hydrogens is 498 g/mol. The second-order valence-electron chi connectivity index (χ2n) is 6.05. The molecule has 5 nitrogen and oxygen atoms in total. The van der Waals surface area contributed by atoms with E-state index >= 15 is 0 Å². The molecule has 2 aromatic rings. The van der Waals surface area contributed by atoms with Gasteiger partial charge < -0.3 is 9.84 Å². The van der Waals surface area contributed by atoms with Gasteiger partial charge in [0.25, 0.3) is 5.91 Å². The van der Waals surface area contributed by atoms with Crippen LogP contribution in [0.5, 0.6) is 5.75 Å². The monoisotopic (exact) mass is 511 g/mol. The normalized spacial score (nSPS) is 15.2. The fourth-order valence-corrected chi connectivity index (χ4v) is 4.56. The Labute approximate surface area is 190 Å². The summed E-state index contributed by atoms with van der Waals surface area (Å²) in [6.07, 6.45) is 1.57. The molecule has 29 heavy (non-hydrogen) atoms. The molecule has 1 fully saturated rings. The number of carboxylic acid groups (broad SMARTS) is 1. The number of ether oxygens (including phenoxy) is 1. The molecule has 1 amide bonds. The molecule has 3 rings (SSSR count). The van der Waals surface area contributed by atoms with Gasteiger partial charge in [0.1, 0.15) is 16.7 Å². The summed E-state index contributed by atoms with van der Waals surface area (Å²) in [5.74, 6) is -0.605. The van der Waals surface area contributed by atoms with Gasteiger partial charge in [0, 0.05) is 17.1 Å². The van der Waals surface area contributed by atoms with Crippen molar-refractivity contribution in [2.24, 2.45) is 0 Å². The van der Waals surface area contributed by atoms with Crippen LogP contribution in [0.4, 0.5) is 0 Å². The van der Waals surface area contributed by atoms with Crippen LogP contribution in [0.25, 0.3) is 6.08 Å². The first-order chi connectivity index (χ1) is 13.8. The predicted molar refractivity (Wildman–Crippen MR) is 122 cm³/mol. The van der Waals surface area contributed by atoms with E-state index in [2.05, 4.69) is 15.9 Å². The second-order valence-corrected chi connectivity index (χ2v) is 8.98. The number of hydrogen-bond donors (Lipinski definition) is 1. The smallest absolute Gasteiger partial charge is 0.305 e. The zero-order valence-electron chi connectivity index (χ0n) is 14.9. The molecule has 0 atom stereocenters. The lowest BCUT2D eigenvalue weighted by Gasteiger charge is -2.12. The summed E-state index contributed by atoms with van der Waals surface area (Å²) < 4.78 is 6.93. The van der Waals surface area contributed by atoms with Crippen molar-refractivity contribution in [1.29, 1.82) is 0 Å². The Morgan fingerprint density at radius 3 is 2.76 bits per heavy atom. The lowest BCUT2D eigenvalue weighted by Crippen LogP contribution is -2.30. The first kappa shape index (κ1) is 21.8. The van der Waals surface area contributed by atoms with Gasteiger partial charge in [-0.25, -0.2) is 0 Å². The van der Waals surface area contributed by atoms with Gasteiger partial charge in [-0.1, -0.05) is 59.8 Å². The van der Waals surface area contributed by atoms with Crippen LogP contribution >= 0.6 is 51.5 Å². The average molecular weight is 513 g/mol. The Morgan fingerprint density at radius 1 is 1.31 bits per heavy atom. The predicted octanol–water partition coefficient (Wildman–Crippen LogP) is 5.36. The maximum Gasteiger partial charge on any atom is 0.305 e. The Bertz CT molecular complexity index is 1010. The highest BCUT2D eigenvalue weighted by Crippen LogP contribution is 2.34. The molecule has 0 unspecified atom stereocenters. The quantitative estimate of drug-likeness (QED) is 0.398. The highest BCUT2D eigenvalue weighted by atomic mass is 79.9. The van der Waals surface area contributed by atoms with Crippen LogP contribution in [0.15, 0.2) is 51.8 Å². The number of rotatable bonds is 7. The molecule has 1 heterocycles. The second kappa shape index (κ2) is 9.75. The first-order valence-corrected chi connectivity index (χ1v) is 10.9. The molecule has 1 saturated heterocycles. The van der Waals surface area contributed by atoms with Gasteiger partial charge in [-0.05, 0) is 45.8 Å². The van der Waals surface area contributed by atoms with Crippen LogP contribution in [0, 0.1) is 0 Å². The molecular formula is C20H15BrClNO4S2. The Kier molecular flexibility index (Phi) is 7.34. The van der Waals surface area contributed by atoms with E-state index in [1.165, 1.54) is 4.90 Å². The van der Waals surface area contributed by atoms with Crippen molar-refractivity contribution in [3.8, 4) is 5.75 Å². The summed E-state index contributed by atoms with van der Waals surface area (Å²) >= 11 is 16.0. The van der Waals surface area contributed by atoms with Crippen molar-refractivity contribution in [3.63, 3.8) is 0 Å². The van der Waals surface area contributed by atoms with Crippen molar-refractivity contribution < 1.29 is 19.4 Å². The fourth-order valence-electron chi connectivity index (χ4n) is 2.55. The number of halogens is 2. The minimum atomic E-state index is -0.973. The van der Waals surface area contributed by atoms with Gasteiger partial charge in [0.05, 0.1) is 15.8 Å². The van der Waals surface area contributed by atoms with E-state index in [4.69, 9.17) is 33.7 Å². The number of carboxylic acids is 1. The van der Waals surface area contributed by atoms with Crippen LogP contribution in [0.2, 0.25) is 5.02 Å². The molecule has 9 heteroatoms. The van der Waals surface area contributed by atoms with Crippen molar-refractivity contribution in [3.05, 3.63) is 68.0 Å². The van der Waals surface area contributed by atoms with Gasteiger partial charge in [-0.3, -0.25) is 14.5 Å². The maximum absolute atomic E-state index is 12.5. The third kappa shape index (κ3) is 5.60. The molecule has 0 aliphatic carbocycles. The summed E-state index contributed by atoms with van der Waals surface area (Å²) in [7, 11) is 0. The van der Waals surface area contributed by atoms with Crippen molar-refractivity contribution in [2.75, 3.05) is 6.54 Å². The van der Waals surface area contributed by atoms with Crippen molar-refractivity contribution in [1.82, 2.24) is 4.90 Å². The molecule has 0 saturated carbocycles. The van der Waals surface area contributed by atoms with E-state index in [-0.39, 0.29) is 18.9 Å². The van der Waals surface area contributed by atoms with Gasteiger partial charge in [0.15, 0.2) is 0 Å². The zero-order valence-corrected chi connectivity index (χ0v) is 18.9. The third-order valence-electron chi connectivity index (χ3n) is 4.02. The minimum absolute atomic E-state index is 0.0653. The Balaban J connectivity index is 1.70. The van der Waals surface area contributed by atoms with Gasteiger partial charge in [0.2, 0.25) is 0 Å². The first-order valence-electron chi connectivity index (χ1n) is 8.48. The van der Waals surface area contributed by atoms with Gasteiger partial charge >= 0.3 is 5.97 Å². The summed E-state index contributed by atoms with van der Waals surface area (Å²) in [4.78, 5) is 25.0. The summed E-state index contributed by atoms with van der Waals surface area (Å²) in [6.45, 7) is 0.399. The highest BCUT2D eigenvalue weighted by Gasteiger charge is 2.32. The lowest BCUT2D eigenvalue weighted by molar-refractivity contribution is -0.137. The molecule has 0 bridgehead atoms. The SMILES string of the molecule is O=C(O)CCN1C(=O)/C(=C\c2ccc(OCc3ccccc3Cl)c(Br)c2)SC1=S. The molecule has 0 aromatic heterocycles.